The van der Waals surface area contributed by atoms with Crippen molar-refractivity contribution >= 4 is 27.4 Å². The second kappa shape index (κ2) is 5.68. The highest BCUT2D eigenvalue weighted by Gasteiger charge is 2.50. The average molecular weight is 329 g/mol. The number of nitrogens with one attached hydrogen (secondary N) is 1. The van der Waals surface area contributed by atoms with Gasteiger partial charge in [-0.1, -0.05) is 12.8 Å². The van der Waals surface area contributed by atoms with Crippen molar-refractivity contribution in [2.24, 2.45) is 0 Å². The van der Waals surface area contributed by atoms with Gasteiger partial charge in [0, 0.05) is 6.26 Å². The molecule has 2 N–H and O–H groups in total. The zero-order valence-corrected chi connectivity index (χ0v) is 12.7. The molecule has 0 unspecified atom stereocenters. The number of carboxylic acids is 1. The van der Waals surface area contributed by atoms with Crippen molar-refractivity contribution in [1.29, 1.82) is 0 Å². The number of anilines is 1. The molecule has 1 aromatic rings. The number of sulfone groups is 1. The van der Waals surface area contributed by atoms with E-state index in [4.69, 9.17) is 5.11 Å². The lowest BCUT2D eigenvalue weighted by molar-refractivity contribution is -0.118. The van der Waals surface area contributed by atoms with Crippen LogP contribution in [-0.2, 0) is 14.6 Å². The second-order valence-electron chi connectivity index (χ2n) is 5.43. The fraction of sp³-hybridized carbons (Fsp3) is 0.429. The van der Waals surface area contributed by atoms with Crippen LogP contribution in [0.4, 0.5) is 10.1 Å². The van der Waals surface area contributed by atoms with Crippen LogP contribution in [0, 0.1) is 5.82 Å². The summed E-state index contributed by atoms with van der Waals surface area (Å²) in [6, 6.07) is 3.03. The predicted octanol–water partition coefficient (Wildman–Crippen LogP) is 1.82. The van der Waals surface area contributed by atoms with Gasteiger partial charge in [-0.05, 0) is 31.0 Å². The van der Waals surface area contributed by atoms with Crippen LogP contribution in [0.5, 0.6) is 0 Å². The van der Waals surface area contributed by atoms with Gasteiger partial charge in [0.15, 0.2) is 14.6 Å². The molecule has 0 aliphatic heterocycles. The third-order valence-corrected chi connectivity index (χ3v) is 6.01. The Morgan fingerprint density at radius 2 is 1.86 bits per heavy atom. The van der Waals surface area contributed by atoms with Gasteiger partial charge in [0.1, 0.15) is 5.82 Å². The first-order valence-electron chi connectivity index (χ1n) is 6.71. The molecule has 0 bridgehead atoms. The lowest BCUT2D eigenvalue weighted by Crippen LogP contribution is -2.47. The SMILES string of the molecule is CS(=O)(=O)C1(C(=O)Nc2ccc(C(=O)O)cc2F)CCCC1. The van der Waals surface area contributed by atoms with E-state index in [1.54, 1.807) is 0 Å². The molecule has 8 heteroatoms. The maximum absolute atomic E-state index is 13.9. The first-order valence-corrected chi connectivity index (χ1v) is 8.60. The fourth-order valence-electron chi connectivity index (χ4n) is 2.70. The Hall–Kier alpha value is -1.96. The quantitative estimate of drug-likeness (QED) is 0.877. The Bertz CT molecular complexity index is 723. The molecular weight excluding hydrogens is 313 g/mol. The van der Waals surface area contributed by atoms with E-state index in [9.17, 15) is 22.4 Å². The predicted molar refractivity (Wildman–Crippen MR) is 78.0 cm³/mol. The van der Waals surface area contributed by atoms with Crippen LogP contribution in [0.2, 0.25) is 0 Å². The van der Waals surface area contributed by atoms with Crippen LogP contribution in [0.3, 0.4) is 0 Å². The third kappa shape index (κ3) is 2.83. The van der Waals surface area contributed by atoms with Gasteiger partial charge >= 0.3 is 5.97 Å². The van der Waals surface area contributed by atoms with Crippen molar-refractivity contribution in [2.45, 2.75) is 30.4 Å². The lowest BCUT2D eigenvalue weighted by Gasteiger charge is -2.25. The number of aromatic carboxylic acids is 1. The number of hydrogen-bond donors (Lipinski definition) is 2. The molecule has 1 aromatic carbocycles. The Morgan fingerprint density at radius 3 is 2.32 bits per heavy atom. The standard InChI is InChI=1S/C14H16FNO5S/c1-22(20,21)14(6-2-3-7-14)13(19)16-11-5-4-9(12(17)18)8-10(11)15/h4-5,8H,2-3,6-7H2,1H3,(H,16,19)(H,17,18). The molecule has 0 heterocycles. The van der Waals surface area contributed by atoms with Gasteiger partial charge in [-0.3, -0.25) is 4.79 Å². The molecule has 0 aromatic heterocycles. The van der Waals surface area contributed by atoms with Gasteiger partial charge in [0.2, 0.25) is 5.91 Å². The molecule has 1 aliphatic carbocycles. The first kappa shape index (κ1) is 16.4. The van der Waals surface area contributed by atoms with Crippen molar-refractivity contribution < 1.29 is 27.5 Å². The van der Waals surface area contributed by atoms with E-state index in [2.05, 4.69) is 5.32 Å². The normalized spacial score (nSPS) is 17.2. The summed E-state index contributed by atoms with van der Waals surface area (Å²) < 4.78 is 36.3. The lowest BCUT2D eigenvalue weighted by atomic mass is 10.1. The molecule has 0 spiro atoms. The number of halogens is 1. The van der Waals surface area contributed by atoms with Gasteiger partial charge in [0.05, 0.1) is 11.3 Å². The maximum atomic E-state index is 13.9. The number of hydrogen-bond acceptors (Lipinski definition) is 4. The minimum Gasteiger partial charge on any atom is -0.478 e. The molecule has 0 atom stereocenters. The minimum absolute atomic E-state index is 0.201. The van der Waals surface area contributed by atoms with Crippen LogP contribution >= 0.6 is 0 Å². The summed E-state index contributed by atoms with van der Waals surface area (Å²) in [7, 11) is -3.65. The number of carbonyl (C=O) groups excluding carboxylic acids is 1. The van der Waals surface area contributed by atoms with Gasteiger partial charge in [-0.2, -0.15) is 0 Å². The maximum Gasteiger partial charge on any atom is 0.335 e. The summed E-state index contributed by atoms with van der Waals surface area (Å²) in [6.07, 6.45) is 2.63. The monoisotopic (exact) mass is 329 g/mol. The minimum atomic E-state index is -3.65. The molecule has 6 nitrogen and oxygen atoms in total. The largest absolute Gasteiger partial charge is 0.478 e. The molecule has 1 saturated carbocycles. The highest BCUT2D eigenvalue weighted by molar-refractivity contribution is 7.92. The van der Waals surface area contributed by atoms with E-state index >= 15 is 0 Å². The summed E-state index contributed by atoms with van der Waals surface area (Å²) in [5.74, 6) is -2.98. The molecule has 22 heavy (non-hydrogen) atoms. The second-order valence-corrected chi connectivity index (χ2v) is 7.75. The Morgan fingerprint density at radius 1 is 1.27 bits per heavy atom. The fourth-order valence-corrected chi connectivity index (χ4v) is 4.12. The van der Waals surface area contributed by atoms with Crippen LogP contribution in [0.25, 0.3) is 0 Å². The van der Waals surface area contributed by atoms with Crippen LogP contribution in [-0.4, -0.2) is 36.4 Å². The highest BCUT2D eigenvalue weighted by Crippen LogP contribution is 2.37. The Kier molecular flexibility index (Phi) is 4.23. The molecule has 1 amide bonds. The van der Waals surface area contributed by atoms with E-state index in [0.717, 1.165) is 24.5 Å². The average Bonchev–Trinajstić information content (AvgIpc) is 2.91. The van der Waals surface area contributed by atoms with Crippen molar-refractivity contribution in [2.75, 3.05) is 11.6 Å². The number of amides is 1. The van der Waals surface area contributed by atoms with Crippen molar-refractivity contribution in [1.82, 2.24) is 0 Å². The van der Waals surface area contributed by atoms with E-state index in [1.807, 2.05) is 0 Å². The third-order valence-electron chi connectivity index (χ3n) is 4.00. The van der Waals surface area contributed by atoms with Crippen molar-refractivity contribution in [3.63, 3.8) is 0 Å². The molecular formula is C14H16FNO5S. The summed E-state index contributed by atoms with van der Waals surface area (Å²) in [5, 5.41) is 11.0. The zero-order valence-electron chi connectivity index (χ0n) is 11.9. The van der Waals surface area contributed by atoms with Crippen LogP contribution < -0.4 is 5.32 Å². The van der Waals surface area contributed by atoms with Gasteiger partial charge in [-0.25, -0.2) is 17.6 Å². The van der Waals surface area contributed by atoms with Crippen LogP contribution in [0.1, 0.15) is 36.0 Å². The molecule has 1 fully saturated rings. The number of carbonyl (C=O) groups is 2. The van der Waals surface area contributed by atoms with E-state index in [-0.39, 0.29) is 24.1 Å². The topological polar surface area (TPSA) is 101 Å². The van der Waals surface area contributed by atoms with E-state index < -0.39 is 32.3 Å². The molecule has 2 rings (SSSR count). The molecule has 0 radical (unpaired) electrons. The molecule has 120 valence electrons. The van der Waals surface area contributed by atoms with Crippen molar-refractivity contribution in [3.8, 4) is 0 Å². The Balaban J connectivity index is 2.30. The number of carboxylic acid groups (broad SMARTS) is 1. The smallest absolute Gasteiger partial charge is 0.335 e. The van der Waals surface area contributed by atoms with E-state index in [0.29, 0.717) is 12.8 Å². The summed E-state index contributed by atoms with van der Waals surface area (Å²) in [5.41, 5.74) is -0.487. The van der Waals surface area contributed by atoms with Crippen LogP contribution in [0.15, 0.2) is 18.2 Å². The van der Waals surface area contributed by atoms with Gasteiger partial charge < -0.3 is 10.4 Å². The number of benzene rings is 1. The summed E-state index contributed by atoms with van der Waals surface area (Å²) in [6.45, 7) is 0. The molecule has 0 saturated heterocycles. The number of rotatable bonds is 4. The first-order chi connectivity index (χ1) is 10.2. The Labute approximate surface area is 127 Å². The van der Waals surface area contributed by atoms with Gasteiger partial charge in [-0.15, -0.1) is 0 Å². The van der Waals surface area contributed by atoms with Crippen molar-refractivity contribution in [3.05, 3.63) is 29.6 Å². The molecule has 1 aliphatic rings. The van der Waals surface area contributed by atoms with E-state index in [1.165, 1.54) is 0 Å². The van der Waals surface area contributed by atoms with Gasteiger partial charge in [0.25, 0.3) is 0 Å². The highest BCUT2D eigenvalue weighted by atomic mass is 32.2. The summed E-state index contributed by atoms with van der Waals surface area (Å²) >= 11 is 0. The summed E-state index contributed by atoms with van der Waals surface area (Å²) in [4.78, 5) is 23.1. The zero-order chi connectivity index (χ0) is 16.5.